The van der Waals surface area contributed by atoms with Gasteiger partial charge in [0.2, 0.25) is 0 Å². The lowest BCUT2D eigenvalue weighted by atomic mass is 9.98. The fourth-order valence-corrected chi connectivity index (χ4v) is 2.67. The summed E-state index contributed by atoms with van der Waals surface area (Å²) >= 11 is 0. The molecule has 0 radical (unpaired) electrons. The molecule has 0 bridgehead atoms. The van der Waals surface area contributed by atoms with Gasteiger partial charge in [-0.3, -0.25) is 14.4 Å². The second kappa shape index (κ2) is 9.41. The number of nitrogens with one attached hydrogen (secondary N) is 1. The number of amides is 1. The van der Waals surface area contributed by atoms with Crippen LogP contribution < -0.4 is 5.32 Å². The van der Waals surface area contributed by atoms with Crippen LogP contribution in [0.1, 0.15) is 31.8 Å². The molecule has 3 aromatic rings. The van der Waals surface area contributed by atoms with Gasteiger partial charge in [-0.15, -0.1) is 0 Å². The number of ketones is 1. The Kier molecular flexibility index (Phi) is 6.47. The highest BCUT2D eigenvalue weighted by Crippen LogP contribution is 2.15. The van der Waals surface area contributed by atoms with E-state index < -0.39 is 23.5 Å². The van der Waals surface area contributed by atoms with Gasteiger partial charge in [0.25, 0.3) is 5.91 Å². The fourth-order valence-electron chi connectivity index (χ4n) is 2.67. The van der Waals surface area contributed by atoms with Crippen LogP contribution in [0.3, 0.4) is 0 Å². The number of esters is 1. The van der Waals surface area contributed by atoms with E-state index in [2.05, 4.69) is 5.32 Å². The number of hydrogen-bond donors (Lipinski definition) is 1. The first-order valence-corrected chi connectivity index (χ1v) is 8.91. The van der Waals surface area contributed by atoms with E-state index in [4.69, 9.17) is 4.74 Å². The van der Waals surface area contributed by atoms with Gasteiger partial charge in [0.1, 0.15) is 19.0 Å². The van der Waals surface area contributed by atoms with Crippen LogP contribution in [0.4, 0.5) is 4.39 Å². The van der Waals surface area contributed by atoms with E-state index >= 15 is 0 Å². The third-order valence-electron chi connectivity index (χ3n) is 4.16. The molecule has 29 heavy (non-hydrogen) atoms. The molecule has 1 N–H and O–H groups in total. The van der Waals surface area contributed by atoms with E-state index in [-0.39, 0.29) is 29.8 Å². The van der Waals surface area contributed by atoms with Crippen molar-refractivity contribution in [2.75, 3.05) is 6.54 Å². The summed E-state index contributed by atoms with van der Waals surface area (Å²) in [7, 11) is 0. The van der Waals surface area contributed by atoms with Gasteiger partial charge in [-0.05, 0) is 35.9 Å². The molecule has 146 valence electrons. The Labute approximate surface area is 167 Å². The number of rotatable bonds is 7. The Bertz CT molecular complexity index is 1020. The molecule has 0 aliphatic heterocycles. The van der Waals surface area contributed by atoms with Crippen molar-refractivity contribution in [2.45, 2.75) is 6.61 Å². The second-order valence-corrected chi connectivity index (χ2v) is 6.21. The lowest BCUT2D eigenvalue weighted by Crippen LogP contribution is -2.31. The molecule has 3 rings (SSSR count). The van der Waals surface area contributed by atoms with Crippen molar-refractivity contribution < 1.29 is 23.5 Å². The van der Waals surface area contributed by atoms with Gasteiger partial charge in [0.15, 0.2) is 5.78 Å². The monoisotopic (exact) mass is 391 g/mol. The topological polar surface area (TPSA) is 72.5 Å². The van der Waals surface area contributed by atoms with Crippen LogP contribution >= 0.6 is 0 Å². The summed E-state index contributed by atoms with van der Waals surface area (Å²) in [6, 6.07) is 20.5. The predicted molar refractivity (Wildman–Crippen MR) is 105 cm³/mol. The number of hydrogen-bond acceptors (Lipinski definition) is 4. The molecular weight excluding hydrogens is 373 g/mol. The summed E-state index contributed by atoms with van der Waals surface area (Å²) in [5.41, 5.74) is 1.38. The van der Waals surface area contributed by atoms with Crippen molar-refractivity contribution in [1.29, 1.82) is 0 Å². The minimum absolute atomic E-state index is 0.106. The van der Waals surface area contributed by atoms with Gasteiger partial charge in [-0.1, -0.05) is 48.5 Å². The van der Waals surface area contributed by atoms with Gasteiger partial charge in [-0.25, -0.2) is 4.39 Å². The SMILES string of the molecule is O=C(CNC(=O)c1ccccc1C(=O)c1ccc(F)cc1)OCc1ccccc1. The Morgan fingerprint density at radius 3 is 2.10 bits per heavy atom. The van der Waals surface area contributed by atoms with E-state index in [1.165, 1.54) is 36.4 Å². The zero-order valence-corrected chi connectivity index (χ0v) is 15.4. The molecule has 0 heterocycles. The summed E-state index contributed by atoms with van der Waals surface area (Å²) in [5, 5.41) is 2.47. The van der Waals surface area contributed by atoms with Crippen LogP contribution in [-0.2, 0) is 16.1 Å². The van der Waals surface area contributed by atoms with Crippen molar-refractivity contribution in [3.8, 4) is 0 Å². The van der Waals surface area contributed by atoms with Crippen LogP contribution in [0, 0.1) is 5.82 Å². The highest BCUT2D eigenvalue weighted by Gasteiger charge is 2.18. The Morgan fingerprint density at radius 2 is 1.41 bits per heavy atom. The van der Waals surface area contributed by atoms with E-state index in [0.717, 1.165) is 5.56 Å². The first-order chi connectivity index (χ1) is 14.0. The first kappa shape index (κ1) is 19.9. The molecule has 0 saturated carbocycles. The van der Waals surface area contributed by atoms with Gasteiger partial charge >= 0.3 is 5.97 Å². The molecular formula is C23H18FNO4. The van der Waals surface area contributed by atoms with Crippen LogP contribution in [0.2, 0.25) is 0 Å². The largest absolute Gasteiger partial charge is 0.460 e. The summed E-state index contributed by atoms with van der Waals surface area (Å²) in [6.45, 7) is -0.222. The summed E-state index contributed by atoms with van der Waals surface area (Å²) in [5.74, 6) is -2.04. The Morgan fingerprint density at radius 1 is 0.793 bits per heavy atom. The third-order valence-corrected chi connectivity index (χ3v) is 4.16. The second-order valence-electron chi connectivity index (χ2n) is 6.21. The van der Waals surface area contributed by atoms with Gasteiger partial charge < -0.3 is 10.1 Å². The molecule has 0 spiro atoms. The standard InChI is InChI=1S/C23H18FNO4/c24-18-12-10-17(11-13-18)22(27)19-8-4-5-9-20(19)23(28)25-14-21(26)29-15-16-6-2-1-3-7-16/h1-13H,14-15H2,(H,25,28). The van der Waals surface area contributed by atoms with Crippen LogP contribution in [0.25, 0.3) is 0 Å². The third kappa shape index (κ3) is 5.35. The van der Waals surface area contributed by atoms with Crippen molar-refractivity contribution >= 4 is 17.7 Å². The van der Waals surface area contributed by atoms with E-state index in [1.807, 2.05) is 30.3 Å². The zero-order chi connectivity index (χ0) is 20.6. The van der Waals surface area contributed by atoms with Gasteiger partial charge in [0.05, 0.1) is 5.56 Å². The Balaban J connectivity index is 1.63. The summed E-state index contributed by atoms with van der Waals surface area (Å²) in [4.78, 5) is 37.1. The molecule has 0 unspecified atom stereocenters. The number of halogens is 1. The molecule has 0 fully saturated rings. The molecule has 5 nitrogen and oxygen atoms in total. The van der Waals surface area contributed by atoms with Crippen molar-refractivity contribution in [3.63, 3.8) is 0 Å². The quantitative estimate of drug-likeness (QED) is 0.494. The van der Waals surface area contributed by atoms with Crippen LogP contribution in [-0.4, -0.2) is 24.2 Å². The van der Waals surface area contributed by atoms with E-state index in [9.17, 15) is 18.8 Å². The van der Waals surface area contributed by atoms with Gasteiger partial charge in [-0.2, -0.15) is 0 Å². The van der Waals surface area contributed by atoms with Crippen molar-refractivity contribution in [1.82, 2.24) is 5.32 Å². The lowest BCUT2D eigenvalue weighted by molar-refractivity contribution is -0.143. The van der Waals surface area contributed by atoms with E-state index in [1.54, 1.807) is 12.1 Å². The summed E-state index contributed by atoms with van der Waals surface area (Å²) in [6.07, 6.45) is 0. The van der Waals surface area contributed by atoms with E-state index in [0.29, 0.717) is 0 Å². The molecule has 0 saturated heterocycles. The summed E-state index contributed by atoms with van der Waals surface area (Å²) < 4.78 is 18.2. The molecule has 0 aromatic heterocycles. The number of ether oxygens (including phenoxy) is 1. The van der Waals surface area contributed by atoms with Crippen LogP contribution in [0.5, 0.6) is 0 Å². The maximum Gasteiger partial charge on any atom is 0.325 e. The number of carbonyl (C=O) groups is 3. The molecule has 0 aliphatic rings. The smallest absolute Gasteiger partial charge is 0.325 e. The Hall–Kier alpha value is -3.80. The average molecular weight is 391 g/mol. The molecule has 0 atom stereocenters. The first-order valence-electron chi connectivity index (χ1n) is 8.91. The minimum atomic E-state index is -0.593. The highest BCUT2D eigenvalue weighted by molar-refractivity contribution is 6.15. The molecule has 0 aliphatic carbocycles. The van der Waals surface area contributed by atoms with Crippen molar-refractivity contribution in [2.24, 2.45) is 0 Å². The normalized spacial score (nSPS) is 10.2. The van der Waals surface area contributed by atoms with Gasteiger partial charge in [0, 0.05) is 11.1 Å². The zero-order valence-electron chi connectivity index (χ0n) is 15.4. The molecule has 3 aromatic carbocycles. The minimum Gasteiger partial charge on any atom is -0.460 e. The van der Waals surface area contributed by atoms with Crippen molar-refractivity contribution in [3.05, 3.63) is 107 Å². The molecule has 6 heteroatoms. The maximum atomic E-state index is 13.1. The van der Waals surface area contributed by atoms with Crippen LogP contribution in [0.15, 0.2) is 78.9 Å². The highest BCUT2D eigenvalue weighted by atomic mass is 19.1. The fraction of sp³-hybridized carbons (Fsp3) is 0.0870. The number of benzene rings is 3. The molecule has 1 amide bonds. The number of carbonyl (C=O) groups excluding carboxylic acids is 3. The lowest BCUT2D eigenvalue weighted by Gasteiger charge is -2.10. The average Bonchev–Trinajstić information content (AvgIpc) is 2.76. The predicted octanol–water partition coefficient (Wildman–Crippen LogP) is 3.53. The maximum absolute atomic E-state index is 13.1.